The molecule has 4 rings (SSSR count). The molecule has 4 aromatic rings. The van der Waals surface area contributed by atoms with Crippen molar-refractivity contribution in [3.8, 4) is 23.0 Å². The molecule has 25 heavy (non-hydrogen) atoms. The smallest absolute Gasteiger partial charge is 0.322 e. The molecule has 0 aliphatic rings. The second kappa shape index (κ2) is 5.94. The third-order valence-electron chi connectivity index (χ3n) is 4.26. The highest BCUT2D eigenvalue weighted by Crippen LogP contribution is 2.30. The number of para-hydroxylation sites is 1. The Hall–Kier alpha value is -3.34. The van der Waals surface area contributed by atoms with Gasteiger partial charge in [0.15, 0.2) is 0 Å². The minimum atomic E-state index is 0.314. The van der Waals surface area contributed by atoms with Crippen LogP contribution in [0.1, 0.15) is 5.56 Å². The molecule has 5 nitrogen and oxygen atoms in total. The molecule has 2 aromatic carbocycles. The zero-order valence-corrected chi connectivity index (χ0v) is 14.1. The van der Waals surface area contributed by atoms with Gasteiger partial charge in [0.1, 0.15) is 5.75 Å². The fraction of sp³-hybridized carbons (Fsp3) is 0.100. The fourth-order valence-electron chi connectivity index (χ4n) is 2.90. The van der Waals surface area contributed by atoms with Crippen molar-refractivity contribution in [3.05, 3.63) is 66.5 Å². The summed E-state index contributed by atoms with van der Waals surface area (Å²) in [6.07, 6.45) is 3.79. The van der Waals surface area contributed by atoms with Crippen LogP contribution < -0.4 is 10.5 Å². The lowest BCUT2D eigenvalue weighted by molar-refractivity contribution is 0.442. The first kappa shape index (κ1) is 15.2. The zero-order valence-electron chi connectivity index (χ0n) is 14.1. The number of hydrogen-bond acceptors (Lipinski definition) is 4. The second-order valence-electron chi connectivity index (χ2n) is 6.02. The average molecular weight is 330 g/mol. The predicted molar refractivity (Wildman–Crippen MR) is 99.6 cm³/mol. The van der Waals surface area contributed by atoms with Crippen LogP contribution in [-0.4, -0.2) is 14.5 Å². The van der Waals surface area contributed by atoms with Gasteiger partial charge in [0.25, 0.3) is 0 Å². The molecule has 0 saturated carbocycles. The van der Waals surface area contributed by atoms with Gasteiger partial charge in [-0.1, -0.05) is 18.2 Å². The van der Waals surface area contributed by atoms with Gasteiger partial charge < -0.3 is 15.0 Å². The summed E-state index contributed by atoms with van der Waals surface area (Å²) < 4.78 is 7.90. The summed E-state index contributed by atoms with van der Waals surface area (Å²) in [5, 5.41) is 1.15. The molecule has 0 aliphatic carbocycles. The Morgan fingerprint density at radius 3 is 2.76 bits per heavy atom. The van der Waals surface area contributed by atoms with Gasteiger partial charge in [-0.15, -0.1) is 0 Å². The van der Waals surface area contributed by atoms with Crippen LogP contribution in [0.2, 0.25) is 0 Å². The highest BCUT2D eigenvalue weighted by Gasteiger charge is 2.11. The van der Waals surface area contributed by atoms with Crippen molar-refractivity contribution >= 4 is 16.6 Å². The second-order valence-corrected chi connectivity index (χ2v) is 6.02. The Balaban J connectivity index is 1.72. The molecular formula is C20H18N4O. The standard InChI is InChI=1S/C20H18N4O/c1-13-11-14(7-8-17(13)21)25-20-22-10-9-18(23-20)16-12-24(2)19-6-4-3-5-15(16)19/h3-12H,21H2,1-2H3. The third kappa shape index (κ3) is 2.80. The van der Waals surface area contributed by atoms with Crippen molar-refractivity contribution in [1.82, 2.24) is 14.5 Å². The molecule has 0 saturated heterocycles. The lowest BCUT2D eigenvalue weighted by Gasteiger charge is -2.07. The van der Waals surface area contributed by atoms with Crippen LogP contribution in [0.3, 0.4) is 0 Å². The molecule has 0 unspecified atom stereocenters. The van der Waals surface area contributed by atoms with E-state index in [4.69, 9.17) is 10.5 Å². The summed E-state index contributed by atoms with van der Waals surface area (Å²) in [6.45, 7) is 1.94. The minimum Gasteiger partial charge on any atom is -0.424 e. The summed E-state index contributed by atoms with van der Waals surface area (Å²) in [5.74, 6) is 0.668. The number of ether oxygens (including phenoxy) is 1. The normalized spacial score (nSPS) is 11.0. The number of nitrogens with two attached hydrogens (primary N) is 1. The minimum absolute atomic E-state index is 0.314. The van der Waals surface area contributed by atoms with Crippen molar-refractivity contribution < 1.29 is 4.74 Å². The van der Waals surface area contributed by atoms with Gasteiger partial charge in [-0.05, 0) is 42.8 Å². The van der Waals surface area contributed by atoms with E-state index in [0.717, 1.165) is 33.4 Å². The molecular weight excluding hydrogens is 312 g/mol. The first-order valence-corrected chi connectivity index (χ1v) is 8.03. The first-order valence-electron chi connectivity index (χ1n) is 8.03. The average Bonchev–Trinajstić information content (AvgIpc) is 2.96. The molecule has 0 amide bonds. The number of hydrogen-bond donors (Lipinski definition) is 1. The van der Waals surface area contributed by atoms with Crippen LogP contribution in [0.4, 0.5) is 5.69 Å². The molecule has 2 heterocycles. The molecule has 2 aromatic heterocycles. The quantitative estimate of drug-likeness (QED) is 0.568. The molecule has 0 fully saturated rings. The molecule has 0 spiro atoms. The first-order chi connectivity index (χ1) is 12.1. The van der Waals surface area contributed by atoms with Crippen LogP contribution in [0.15, 0.2) is 60.9 Å². The lowest BCUT2D eigenvalue weighted by atomic mass is 10.1. The maximum absolute atomic E-state index is 5.85. The number of aryl methyl sites for hydroxylation is 2. The van der Waals surface area contributed by atoms with Gasteiger partial charge in [0.05, 0.1) is 5.69 Å². The predicted octanol–water partition coefficient (Wildman–Crippen LogP) is 4.32. The van der Waals surface area contributed by atoms with Gasteiger partial charge in [0.2, 0.25) is 0 Å². The summed E-state index contributed by atoms with van der Waals surface area (Å²) in [7, 11) is 2.03. The van der Waals surface area contributed by atoms with E-state index in [2.05, 4.69) is 32.9 Å². The number of nitrogens with zero attached hydrogens (tertiary/aromatic N) is 3. The molecule has 5 heteroatoms. The van der Waals surface area contributed by atoms with E-state index >= 15 is 0 Å². The molecule has 2 N–H and O–H groups in total. The summed E-state index contributed by atoms with van der Waals surface area (Å²) in [5.41, 5.74) is 10.6. The van der Waals surface area contributed by atoms with Crippen molar-refractivity contribution in [1.29, 1.82) is 0 Å². The number of nitrogen functional groups attached to an aromatic ring is 1. The van der Waals surface area contributed by atoms with E-state index in [1.807, 2.05) is 50.4 Å². The Labute approximate surface area is 145 Å². The van der Waals surface area contributed by atoms with E-state index in [1.54, 1.807) is 6.20 Å². The lowest BCUT2D eigenvalue weighted by Crippen LogP contribution is -1.95. The zero-order chi connectivity index (χ0) is 17.4. The van der Waals surface area contributed by atoms with E-state index in [9.17, 15) is 0 Å². The van der Waals surface area contributed by atoms with Crippen LogP contribution in [0.25, 0.3) is 22.2 Å². The molecule has 0 bridgehead atoms. The number of fused-ring (bicyclic) bond motifs is 1. The van der Waals surface area contributed by atoms with Crippen molar-refractivity contribution in [2.45, 2.75) is 6.92 Å². The Bertz CT molecular complexity index is 1070. The number of benzene rings is 2. The highest BCUT2D eigenvalue weighted by atomic mass is 16.5. The monoisotopic (exact) mass is 330 g/mol. The van der Waals surface area contributed by atoms with Gasteiger partial charge >= 0.3 is 6.01 Å². The van der Waals surface area contributed by atoms with Crippen LogP contribution in [0.5, 0.6) is 11.8 Å². The molecule has 124 valence electrons. The van der Waals surface area contributed by atoms with Gasteiger partial charge in [-0.25, -0.2) is 4.98 Å². The Kier molecular flexibility index (Phi) is 3.61. The number of anilines is 1. The number of aromatic nitrogens is 3. The molecule has 0 atom stereocenters. The molecule has 0 aliphatic heterocycles. The van der Waals surface area contributed by atoms with E-state index < -0.39 is 0 Å². The van der Waals surface area contributed by atoms with Crippen molar-refractivity contribution in [2.24, 2.45) is 7.05 Å². The highest BCUT2D eigenvalue weighted by molar-refractivity contribution is 5.95. The van der Waals surface area contributed by atoms with E-state index in [-0.39, 0.29) is 0 Å². The van der Waals surface area contributed by atoms with Gasteiger partial charge in [-0.2, -0.15) is 4.98 Å². The maximum atomic E-state index is 5.85. The molecule has 0 radical (unpaired) electrons. The van der Waals surface area contributed by atoms with Crippen LogP contribution >= 0.6 is 0 Å². The fourth-order valence-corrected chi connectivity index (χ4v) is 2.90. The van der Waals surface area contributed by atoms with E-state index in [1.165, 1.54) is 0 Å². The largest absolute Gasteiger partial charge is 0.424 e. The Morgan fingerprint density at radius 1 is 1.08 bits per heavy atom. The summed E-state index contributed by atoms with van der Waals surface area (Å²) >= 11 is 0. The topological polar surface area (TPSA) is 66.0 Å². The van der Waals surface area contributed by atoms with Crippen LogP contribution in [0, 0.1) is 6.92 Å². The summed E-state index contributed by atoms with van der Waals surface area (Å²) in [4.78, 5) is 8.80. The van der Waals surface area contributed by atoms with Gasteiger partial charge in [0, 0.05) is 41.6 Å². The summed E-state index contributed by atoms with van der Waals surface area (Å²) in [6, 6.07) is 16.0. The maximum Gasteiger partial charge on any atom is 0.322 e. The third-order valence-corrected chi connectivity index (χ3v) is 4.26. The SMILES string of the molecule is Cc1cc(Oc2nccc(-c3cn(C)c4ccccc34)n2)ccc1N. The van der Waals surface area contributed by atoms with Gasteiger partial charge in [-0.3, -0.25) is 0 Å². The number of rotatable bonds is 3. The van der Waals surface area contributed by atoms with Crippen molar-refractivity contribution in [3.63, 3.8) is 0 Å². The van der Waals surface area contributed by atoms with E-state index in [0.29, 0.717) is 11.8 Å². The van der Waals surface area contributed by atoms with Crippen LogP contribution in [-0.2, 0) is 7.05 Å². The Morgan fingerprint density at radius 2 is 1.92 bits per heavy atom. The van der Waals surface area contributed by atoms with Crippen molar-refractivity contribution in [2.75, 3.05) is 5.73 Å².